The van der Waals surface area contributed by atoms with Gasteiger partial charge in [-0.2, -0.15) is 18.4 Å². The van der Waals surface area contributed by atoms with Crippen LogP contribution in [0.5, 0.6) is 0 Å². The molecule has 1 atom stereocenters. The van der Waals surface area contributed by atoms with Gasteiger partial charge in [-0.15, -0.1) is 0 Å². The van der Waals surface area contributed by atoms with E-state index in [-0.39, 0.29) is 6.04 Å². The number of benzene rings is 1. The van der Waals surface area contributed by atoms with Crippen LogP contribution in [0.15, 0.2) is 24.3 Å². The quantitative estimate of drug-likeness (QED) is 0.880. The Labute approximate surface area is 98.1 Å². The number of alkyl halides is 3. The molecule has 1 unspecified atom stereocenters. The van der Waals surface area contributed by atoms with Crippen LogP contribution in [0.3, 0.4) is 0 Å². The highest BCUT2D eigenvalue weighted by molar-refractivity contribution is 5.25. The van der Waals surface area contributed by atoms with Crippen molar-refractivity contribution >= 4 is 0 Å². The van der Waals surface area contributed by atoms with Gasteiger partial charge in [-0.3, -0.25) is 0 Å². The van der Waals surface area contributed by atoms with Crippen LogP contribution in [-0.2, 0) is 12.7 Å². The van der Waals surface area contributed by atoms with Crippen LogP contribution in [0.2, 0.25) is 0 Å². The van der Waals surface area contributed by atoms with Gasteiger partial charge >= 0.3 is 6.18 Å². The molecule has 92 valence electrons. The van der Waals surface area contributed by atoms with Gasteiger partial charge < -0.3 is 5.32 Å². The summed E-state index contributed by atoms with van der Waals surface area (Å²) in [6, 6.07) is 7.14. The van der Waals surface area contributed by atoms with E-state index in [1.165, 1.54) is 6.07 Å². The van der Waals surface area contributed by atoms with E-state index in [4.69, 9.17) is 5.26 Å². The van der Waals surface area contributed by atoms with Crippen molar-refractivity contribution in [1.82, 2.24) is 5.32 Å². The Bertz CT molecular complexity index is 407. The second-order valence-electron chi connectivity index (χ2n) is 3.84. The number of nitrogens with one attached hydrogen (secondary N) is 1. The van der Waals surface area contributed by atoms with Crippen molar-refractivity contribution in [2.45, 2.75) is 32.1 Å². The van der Waals surface area contributed by atoms with Crippen LogP contribution >= 0.6 is 0 Å². The van der Waals surface area contributed by atoms with Crippen molar-refractivity contribution in [1.29, 1.82) is 5.26 Å². The molecule has 1 aromatic rings. The highest BCUT2D eigenvalue weighted by Crippen LogP contribution is 2.29. The van der Waals surface area contributed by atoms with Crippen molar-refractivity contribution < 1.29 is 13.2 Å². The highest BCUT2D eigenvalue weighted by Gasteiger charge is 2.30. The fourth-order valence-electron chi connectivity index (χ4n) is 1.36. The zero-order valence-electron chi connectivity index (χ0n) is 9.38. The van der Waals surface area contributed by atoms with Gasteiger partial charge in [-0.05, 0) is 18.6 Å². The average molecular weight is 242 g/mol. The molecule has 0 amide bonds. The molecular formula is C12H13F3N2. The summed E-state index contributed by atoms with van der Waals surface area (Å²) in [5.41, 5.74) is -0.0886. The Morgan fingerprint density at radius 1 is 1.41 bits per heavy atom. The monoisotopic (exact) mass is 242 g/mol. The van der Waals surface area contributed by atoms with E-state index in [1.54, 1.807) is 6.07 Å². The molecule has 0 bridgehead atoms. The largest absolute Gasteiger partial charge is 0.416 e. The molecular weight excluding hydrogens is 229 g/mol. The van der Waals surface area contributed by atoms with Crippen LogP contribution < -0.4 is 5.32 Å². The Balaban J connectivity index is 2.64. The van der Waals surface area contributed by atoms with Crippen LogP contribution in [0.25, 0.3) is 0 Å². The molecule has 0 radical (unpaired) electrons. The third-order valence-electron chi connectivity index (χ3n) is 2.31. The maximum atomic E-state index is 12.4. The van der Waals surface area contributed by atoms with Gasteiger partial charge in [0.15, 0.2) is 0 Å². The predicted molar refractivity (Wildman–Crippen MR) is 58.0 cm³/mol. The van der Waals surface area contributed by atoms with E-state index in [0.29, 0.717) is 18.5 Å². The minimum absolute atomic E-state index is 0.0328. The van der Waals surface area contributed by atoms with Crippen LogP contribution in [-0.4, -0.2) is 6.04 Å². The number of nitriles is 1. The average Bonchev–Trinajstić information content (AvgIpc) is 2.26. The Morgan fingerprint density at radius 2 is 2.12 bits per heavy atom. The van der Waals surface area contributed by atoms with Crippen LogP contribution in [0, 0.1) is 11.3 Å². The zero-order valence-corrected chi connectivity index (χ0v) is 9.38. The van der Waals surface area contributed by atoms with E-state index < -0.39 is 11.7 Å². The molecule has 1 aromatic carbocycles. The Hall–Kier alpha value is -1.54. The minimum Gasteiger partial charge on any atom is -0.309 e. The molecule has 17 heavy (non-hydrogen) atoms. The first-order valence-electron chi connectivity index (χ1n) is 5.20. The molecule has 1 N–H and O–H groups in total. The molecule has 0 saturated carbocycles. The smallest absolute Gasteiger partial charge is 0.309 e. The van der Waals surface area contributed by atoms with Crippen molar-refractivity contribution in [3.63, 3.8) is 0 Å². The maximum Gasteiger partial charge on any atom is 0.416 e. The summed E-state index contributed by atoms with van der Waals surface area (Å²) >= 11 is 0. The fourth-order valence-corrected chi connectivity index (χ4v) is 1.36. The van der Waals surface area contributed by atoms with E-state index in [2.05, 4.69) is 5.32 Å². The van der Waals surface area contributed by atoms with Gasteiger partial charge in [0.05, 0.1) is 18.1 Å². The lowest BCUT2D eigenvalue weighted by atomic mass is 10.1. The fraction of sp³-hybridized carbons (Fsp3) is 0.417. The molecule has 1 rings (SSSR count). The van der Waals surface area contributed by atoms with Crippen molar-refractivity contribution in [2.24, 2.45) is 0 Å². The summed E-state index contributed by atoms with van der Waals surface area (Å²) in [5.74, 6) is 0. The normalized spacial score (nSPS) is 13.1. The lowest BCUT2D eigenvalue weighted by Gasteiger charge is -2.12. The molecule has 5 heteroatoms. The van der Waals surface area contributed by atoms with Gasteiger partial charge in [0.1, 0.15) is 0 Å². The molecule has 0 heterocycles. The third-order valence-corrected chi connectivity index (χ3v) is 2.31. The van der Waals surface area contributed by atoms with Gasteiger partial charge in [0, 0.05) is 12.6 Å². The first-order chi connectivity index (χ1) is 7.93. The molecule has 0 aliphatic carbocycles. The second-order valence-corrected chi connectivity index (χ2v) is 3.84. The molecule has 2 nitrogen and oxygen atoms in total. The number of hydrogen-bond acceptors (Lipinski definition) is 2. The van der Waals surface area contributed by atoms with Crippen molar-refractivity contribution in [2.75, 3.05) is 0 Å². The number of rotatable bonds is 4. The maximum absolute atomic E-state index is 12.4. The summed E-state index contributed by atoms with van der Waals surface area (Å²) in [6.07, 6.45) is -3.98. The first kappa shape index (κ1) is 13.5. The topological polar surface area (TPSA) is 35.8 Å². The molecule has 0 aliphatic rings. The lowest BCUT2D eigenvalue weighted by molar-refractivity contribution is -0.137. The van der Waals surface area contributed by atoms with Crippen LogP contribution in [0.1, 0.15) is 24.5 Å². The minimum atomic E-state index is -4.31. The highest BCUT2D eigenvalue weighted by atomic mass is 19.4. The van der Waals surface area contributed by atoms with Gasteiger partial charge in [0.25, 0.3) is 0 Å². The van der Waals surface area contributed by atoms with Gasteiger partial charge in [-0.1, -0.05) is 18.2 Å². The lowest BCUT2D eigenvalue weighted by Crippen LogP contribution is -2.25. The first-order valence-corrected chi connectivity index (χ1v) is 5.20. The third kappa shape index (κ3) is 4.45. The standard InChI is InChI=1S/C12H13F3N2/c1-9(5-6-16)17-8-10-3-2-4-11(7-10)12(13,14)15/h2-4,7,9,17H,5,8H2,1H3. The van der Waals surface area contributed by atoms with Crippen molar-refractivity contribution in [3.05, 3.63) is 35.4 Å². The van der Waals surface area contributed by atoms with Gasteiger partial charge in [-0.25, -0.2) is 0 Å². The summed E-state index contributed by atoms with van der Waals surface area (Å²) in [4.78, 5) is 0. The summed E-state index contributed by atoms with van der Waals surface area (Å²) in [6.45, 7) is 2.14. The van der Waals surface area contributed by atoms with Crippen molar-refractivity contribution in [3.8, 4) is 6.07 Å². The van der Waals surface area contributed by atoms with E-state index in [1.807, 2.05) is 13.0 Å². The Morgan fingerprint density at radius 3 is 2.71 bits per heavy atom. The van der Waals surface area contributed by atoms with E-state index >= 15 is 0 Å². The van der Waals surface area contributed by atoms with Gasteiger partial charge in [0.2, 0.25) is 0 Å². The molecule has 0 aliphatic heterocycles. The molecule has 0 saturated heterocycles. The number of halogens is 3. The molecule has 0 spiro atoms. The van der Waals surface area contributed by atoms with Crippen LogP contribution in [0.4, 0.5) is 13.2 Å². The summed E-state index contributed by atoms with van der Waals surface area (Å²) < 4.78 is 37.3. The SMILES string of the molecule is CC(CC#N)NCc1cccc(C(F)(F)F)c1. The number of hydrogen-bond donors (Lipinski definition) is 1. The number of nitrogens with zero attached hydrogens (tertiary/aromatic N) is 1. The Kier molecular flexibility index (Phi) is 4.53. The van der Waals surface area contributed by atoms with E-state index in [0.717, 1.165) is 12.1 Å². The summed E-state index contributed by atoms with van der Waals surface area (Å²) in [7, 11) is 0. The predicted octanol–water partition coefficient (Wildman–Crippen LogP) is 3.10. The summed E-state index contributed by atoms with van der Waals surface area (Å²) in [5, 5.41) is 11.4. The van der Waals surface area contributed by atoms with E-state index in [9.17, 15) is 13.2 Å². The zero-order chi connectivity index (χ0) is 12.9. The molecule has 0 aromatic heterocycles. The second kappa shape index (κ2) is 5.69. The molecule has 0 fully saturated rings.